The van der Waals surface area contributed by atoms with Gasteiger partial charge in [0.05, 0.1) is 6.04 Å². The number of hydrogen-bond acceptors (Lipinski definition) is 2. The molecule has 1 atom stereocenters. The summed E-state index contributed by atoms with van der Waals surface area (Å²) in [5.74, 6) is 0. The third-order valence-electron chi connectivity index (χ3n) is 2.74. The molecule has 17 heavy (non-hydrogen) atoms. The van der Waals surface area contributed by atoms with E-state index in [1.54, 1.807) is 6.08 Å². The number of aryl methyl sites for hydroxylation is 1. The molecular weight excluding hydrogens is 210 g/mol. The van der Waals surface area contributed by atoms with Crippen LogP contribution in [0.3, 0.4) is 0 Å². The largest absolute Gasteiger partial charge is 0.235 e. The monoisotopic (exact) mass is 227 g/mol. The maximum absolute atomic E-state index is 10.2. The summed E-state index contributed by atoms with van der Waals surface area (Å²) >= 11 is 0. The van der Waals surface area contributed by atoms with E-state index in [0.29, 0.717) is 0 Å². The fourth-order valence-corrected chi connectivity index (χ4v) is 1.53. The van der Waals surface area contributed by atoms with E-state index in [2.05, 4.69) is 24.6 Å². The summed E-state index contributed by atoms with van der Waals surface area (Å²) in [4.78, 5) is 14.0. The average molecular weight is 227 g/mol. The van der Waals surface area contributed by atoms with Gasteiger partial charge in [0, 0.05) is 0 Å². The van der Waals surface area contributed by atoms with E-state index < -0.39 is 0 Å². The Balaban J connectivity index is 3.19. The Morgan fingerprint density at radius 1 is 1.53 bits per heavy atom. The molecule has 0 amide bonds. The summed E-state index contributed by atoms with van der Waals surface area (Å²) in [7, 11) is 0. The maximum Gasteiger partial charge on any atom is 0.235 e. The molecule has 0 heterocycles. The van der Waals surface area contributed by atoms with Gasteiger partial charge in [-0.1, -0.05) is 36.4 Å². The quantitative estimate of drug-likeness (QED) is 0.434. The van der Waals surface area contributed by atoms with Crippen LogP contribution < -0.4 is 0 Å². The minimum atomic E-state index is -0.149. The van der Waals surface area contributed by atoms with E-state index in [-0.39, 0.29) is 6.04 Å². The SMILES string of the molecule is C=C/C(C)=C/c1cc(C(C)N=C=O)ccc1C. The Morgan fingerprint density at radius 3 is 2.82 bits per heavy atom. The van der Waals surface area contributed by atoms with Crippen LogP contribution in [0.5, 0.6) is 0 Å². The molecule has 0 saturated heterocycles. The molecule has 1 aromatic rings. The molecule has 0 bridgehead atoms. The van der Waals surface area contributed by atoms with Gasteiger partial charge in [-0.25, -0.2) is 4.79 Å². The van der Waals surface area contributed by atoms with Crippen LogP contribution in [-0.4, -0.2) is 6.08 Å². The van der Waals surface area contributed by atoms with Crippen LogP contribution in [0.25, 0.3) is 6.08 Å². The molecule has 0 aliphatic carbocycles. The van der Waals surface area contributed by atoms with Gasteiger partial charge in [-0.2, -0.15) is 4.99 Å². The topological polar surface area (TPSA) is 29.4 Å². The van der Waals surface area contributed by atoms with Crippen LogP contribution in [0.2, 0.25) is 0 Å². The molecule has 0 aliphatic heterocycles. The predicted octanol–water partition coefficient (Wildman–Crippen LogP) is 3.98. The van der Waals surface area contributed by atoms with Gasteiger partial charge in [0.25, 0.3) is 0 Å². The van der Waals surface area contributed by atoms with Gasteiger partial charge in [-0.15, -0.1) is 0 Å². The summed E-state index contributed by atoms with van der Waals surface area (Å²) in [6.45, 7) is 9.67. The number of nitrogens with zero attached hydrogens (tertiary/aromatic N) is 1. The van der Waals surface area contributed by atoms with Crippen LogP contribution in [0, 0.1) is 6.92 Å². The fraction of sp³-hybridized carbons (Fsp3) is 0.267. The molecule has 0 aromatic heterocycles. The number of aliphatic imine (C=N–C) groups is 1. The summed E-state index contributed by atoms with van der Waals surface area (Å²) < 4.78 is 0. The Hall–Kier alpha value is -1.92. The van der Waals surface area contributed by atoms with Crippen LogP contribution >= 0.6 is 0 Å². The Morgan fingerprint density at radius 2 is 2.24 bits per heavy atom. The van der Waals surface area contributed by atoms with Crippen molar-refractivity contribution in [2.45, 2.75) is 26.8 Å². The fourth-order valence-electron chi connectivity index (χ4n) is 1.53. The minimum absolute atomic E-state index is 0.149. The average Bonchev–Trinajstić information content (AvgIpc) is 2.32. The van der Waals surface area contributed by atoms with Gasteiger partial charge in [-0.3, -0.25) is 0 Å². The molecule has 1 aromatic carbocycles. The van der Waals surface area contributed by atoms with Crippen molar-refractivity contribution in [3.05, 3.63) is 53.1 Å². The molecule has 88 valence electrons. The normalized spacial score (nSPS) is 12.8. The molecule has 0 radical (unpaired) electrons. The highest BCUT2D eigenvalue weighted by Gasteiger charge is 2.05. The molecule has 2 heteroatoms. The molecule has 0 N–H and O–H groups in total. The standard InChI is InChI=1S/C15H17NO/c1-5-11(2)8-15-9-14(7-6-12(15)3)13(4)16-10-17/h5-9,13H,1H2,2-4H3/b11-8+. The minimum Gasteiger partial charge on any atom is -0.211 e. The molecule has 0 saturated carbocycles. The maximum atomic E-state index is 10.2. The predicted molar refractivity (Wildman–Crippen MR) is 71.6 cm³/mol. The summed E-state index contributed by atoms with van der Waals surface area (Å²) in [5, 5.41) is 0. The van der Waals surface area contributed by atoms with Crippen LogP contribution in [0.1, 0.15) is 36.6 Å². The first kappa shape index (κ1) is 13.1. The number of benzene rings is 1. The van der Waals surface area contributed by atoms with Crippen LogP contribution in [0.15, 0.2) is 41.4 Å². The molecule has 0 fully saturated rings. The van der Waals surface area contributed by atoms with Crippen molar-refractivity contribution in [2.75, 3.05) is 0 Å². The van der Waals surface area contributed by atoms with Gasteiger partial charge in [0.2, 0.25) is 6.08 Å². The summed E-state index contributed by atoms with van der Waals surface area (Å²) in [6.07, 6.45) is 5.49. The lowest BCUT2D eigenvalue weighted by molar-refractivity contribution is 0.559. The molecular formula is C15H17NO. The van der Waals surface area contributed by atoms with Crippen molar-refractivity contribution in [3.63, 3.8) is 0 Å². The van der Waals surface area contributed by atoms with Gasteiger partial charge in [-0.05, 0) is 43.5 Å². The lowest BCUT2D eigenvalue weighted by Crippen LogP contribution is -1.92. The van der Waals surface area contributed by atoms with Crippen molar-refractivity contribution >= 4 is 12.2 Å². The lowest BCUT2D eigenvalue weighted by Gasteiger charge is -2.08. The smallest absolute Gasteiger partial charge is 0.211 e. The van der Waals surface area contributed by atoms with E-state index in [9.17, 15) is 4.79 Å². The van der Waals surface area contributed by atoms with Gasteiger partial charge in [0.1, 0.15) is 0 Å². The third kappa shape index (κ3) is 3.54. The van der Waals surface area contributed by atoms with Crippen molar-refractivity contribution in [2.24, 2.45) is 4.99 Å². The first-order valence-corrected chi connectivity index (χ1v) is 5.56. The molecule has 0 spiro atoms. The zero-order chi connectivity index (χ0) is 12.8. The Bertz CT molecular complexity index is 494. The van der Waals surface area contributed by atoms with Crippen molar-refractivity contribution in [1.29, 1.82) is 0 Å². The zero-order valence-electron chi connectivity index (χ0n) is 10.5. The molecule has 2 nitrogen and oxygen atoms in total. The van der Waals surface area contributed by atoms with Crippen LogP contribution in [0.4, 0.5) is 0 Å². The van der Waals surface area contributed by atoms with E-state index in [1.165, 1.54) is 5.56 Å². The second kappa shape index (κ2) is 5.97. The second-order valence-corrected chi connectivity index (χ2v) is 4.10. The highest BCUT2D eigenvalue weighted by atomic mass is 16.1. The van der Waals surface area contributed by atoms with Crippen molar-refractivity contribution in [1.82, 2.24) is 0 Å². The van der Waals surface area contributed by atoms with Crippen molar-refractivity contribution < 1.29 is 4.79 Å². The molecule has 0 aliphatic rings. The lowest BCUT2D eigenvalue weighted by atomic mass is 10.00. The Labute approximate surface area is 102 Å². The third-order valence-corrected chi connectivity index (χ3v) is 2.74. The number of carbonyl (C=O) groups excluding carboxylic acids is 1. The first-order chi connectivity index (χ1) is 8.08. The highest BCUT2D eigenvalue weighted by molar-refractivity contribution is 5.59. The van der Waals surface area contributed by atoms with Gasteiger partial charge >= 0.3 is 0 Å². The van der Waals surface area contributed by atoms with E-state index in [1.807, 2.05) is 38.1 Å². The number of rotatable bonds is 4. The van der Waals surface area contributed by atoms with E-state index in [0.717, 1.165) is 16.7 Å². The molecule has 1 rings (SSSR count). The molecule has 1 unspecified atom stereocenters. The summed E-state index contributed by atoms with van der Waals surface area (Å²) in [6, 6.07) is 5.92. The number of isocyanates is 1. The number of allylic oxidation sites excluding steroid dienone is 2. The first-order valence-electron chi connectivity index (χ1n) is 5.56. The summed E-state index contributed by atoms with van der Waals surface area (Å²) in [5.41, 5.74) is 4.45. The number of hydrogen-bond donors (Lipinski definition) is 0. The van der Waals surface area contributed by atoms with Gasteiger partial charge < -0.3 is 0 Å². The Kier molecular flexibility index (Phi) is 4.62. The second-order valence-electron chi connectivity index (χ2n) is 4.10. The zero-order valence-corrected chi connectivity index (χ0v) is 10.5. The van der Waals surface area contributed by atoms with Gasteiger partial charge in [0.15, 0.2) is 0 Å². The van der Waals surface area contributed by atoms with Crippen molar-refractivity contribution in [3.8, 4) is 0 Å². The highest BCUT2D eigenvalue weighted by Crippen LogP contribution is 2.21. The van der Waals surface area contributed by atoms with E-state index in [4.69, 9.17) is 0 Å². The van der Waals surface area contributed by atoms with Crippen LogP contribution in [-0.2, 0) is 4.79 Å². The van der Waals surface area contributed by atoms with E-state index >= 15 is 0 Å².